The lowest BCUT2D eigenvalue weighted by atomic mass is 10.1. The molecule has 0 amide bonds. The van der Waals surface area contributed by atoms with E-state index >= 15 is 0 Å². The van der Waals surface area contributed by atoms with Crippen molar-refractivity contribution >= 4 is 34.5 Å². The molecule has 20 heavy (non-hydrogen) atoms. The van der Waals surface area contributed by atoms with Crippen LogP contribution in [0.2, 0.25) is 5.02 Å². The van der Waals surface area contributed by atoms with Gasteiger partial charge in [0.25, 0.3) is 0 Å². The first-order valence-electron chi connectivity index (χ1n) is 6.15. The molecule has 4 heteroatoms. The van der Waals surface area contributed by atoms with Gasteiger partial charge in [-0.15, -0.1) is 22.9 Å². The summed E-state index contributed by atoms with van der Waals surface area (Å²) in [4.78, 5) is 5.81. The maximum atomic E-state index is 6.06. The number of hydrogen-bond donors (Lipinski definition) is 0. The summed E-state index contributed by atoms with van der Waals surface area (Å²) in [5, 5.41) is 1.66. The van der Waals surface area contributed by atoms with Crippen molar-refractivity contribution < 1.29 is 0 Å². The molecule has 0 N–H and O–H groups in total. The number of benzene rings is 2. The summed E-state index contributed by atoms with van der Waals surface area (Å²) >= 11 is 13.7. The fourth-order valence-corrected chi connectivity index (χ4v) is 3.42. The third kappa shape index (κ3) is 2.73. The first-order valence-corrected chi connectivity index (χ1v) is 7.88. The molecule has 2 aromatic carbocycles. The third-order valence-corrected chi connectivity index (χ3v) is 4.70. The predicted molar refractivity (Wildman–Crippen MR) is 87.6 cm³/mol. The Kier molecular flexibility index (Phi) is 4.06. The topological polar surface area (TPSA) is 12.9 Å². The van der Waals surface area contributed by atoms with Gasteiger partial charge in [0.1, 0.15) is 5.01 Å². The molecule has 100 valence electrons. The van der Waals surface area contributed by atoms with Gasteiger partial charge < -0.3 is 0 Å². The lowest BCUT2D eigenvalue weighted by Gasteiger charge is -1.98. The highest BCUT2D eigenvalue weighted by molar-refractivity contribution is 7.15. The molecule has 0 aliphatic carbocycles. The van der Waals surface area contributed by atoms with Crippen molar-refractivity contribution in [2.24, 2.45) is 0 Å². The number of thiazole rings is 1. The summed E-state index contributed by atoms with van der Waals surface area (Å²) in [7, 11) is 0. The van der Waals surface area contributed by atoms with Crippen molar-refractivity contribution in [2.45, 2.75) is 5.88 Å². The Morgan fingerprint density at radius 3 is 2.40 bits per heavy atom. The molecule has 0 bridgehead atoms. The van der Waals surface area contributed by atoms with Crippen molar-refractivity contribution in [3.63, 3.8) is 0 Å². The Balaban J connectivity index is 2.10. The van der Waals surface area contributed by atoms with Gasteiger partial charge in [-0.25, -0.2) is 4.98 Å². The summed E-state index contributed by atoms with van der Waals surface area (Å²) in [6, 6.07) is 17.8. The molecule has 1 heterocycles. The van der Waals surface area contributed by atoms with Crippen LogP contribution in [0.25, 0.3) is 21.8 Å². The first kappa shape index (κ1) is 13.6. The zero-order chi connectivity index (χ0) is 13.9. The van der Waals surface area contributed by atoms with E-state index in [4.69, 9.17) is 28.2 Å². The quantitative estimate of drug-likeness (QED) is 0.550. The molecule has 0 aliphatic rings. The van der Waals surface area contributed by atoms with Crippen LogP contribution < -0.4 is 0 Å². The van der Waals surface area contributed by atoms with Crippen molar-refractivity contribution in [1.82, 2.24) is 4.98 Å². The number of hydrogen-bond acceptors (Lipinski definition) is 2. The number of alkyl halides is 1. The van der Waals surface area contributed by atoms with Gasteiger partial charge in [-0.3, -0.25) is 0 Å². The number of aromatic nitrogens is 1. The van der Waals surface area contributed by atoms with E-state index in [-0.39, 0.29) is 0 Å². The summed E-state index contributed by atoms with van der Waals surface area (Å²) in [5.74, 6) is 0.461. The second-order valence-electron chi connectivity index (χ2n) is 4.30. The van der Waals surface area contributed by atoms with Gasteiger partial charge in [0, 0.05) is 21.0 Å². The van der Waals surface area contributed by atoms with Gasteiger partial charge in [0.2, 0.25) is 0 Å². The molecule has 0 fully saturated rings. The minimum Gasteiger partial charge on any atom is -0.236 e. The Morgan fingerprint density at radius 1 is 0.950 bits per heavy atom. The van der Waals surface area contributed by atoms with Crippen molar-refractivity contribution in [2.75, 3.05) is 0 Å². The Morgan fingerprint density at radius 2 is 1.70 bits per heavy atom. The molecule has 0 aliphatic heterocycles. The summed E-state index contributed by atoms with van der Waals surface area (Å²) in [5.41, 5.74) is 3.07. The zero-order valence-corrected chi connectivity index (χ0v) is 12.8. The van der Waals surface area contributed by atoms with E-state index in [1.165, 1.54) is 0 Å². The second kappa shape index (κ2) is 5.96. The molecule has 0 atom stereocenters. The minimum atomic E-state index is 0.461. The van der Waals surface area contributed by atoms with Crippen molar-refractivity contribution in [3.8, 4) is 21.8 Å². The highest BCUT2D eigenvalue weighted by atomic mass is 35.5. The zero-order valence-electron chi connectivity index (χ0n) is 10.5. The summed E-state index contributed by atoms with van der Waals surface area (Å²) in [6.07, 6.45) is 0. The fourth-order valence-electron chi connectivity index (χ4n) is 2.01. The monoisotopic (exact) mass is 319 g/mol. The smallest absolute Gasteiger partial charge is 0.124 e. The van der Waals surface area contributed by atoms with Crippen LogP contribution in [0.15, 0.2) is 54.6 Å². The molecule has 0 radical (unpaired) electrons. The fraction of sp³-hybridized carbons (Fsp3) is 0.0625. The molecule has 0 saturated heterocycles. The first-order chi connectivity index (χ1) is 9.78. The molecule has 3 aromatic rings. The molecule has 1 nitrogen and oxygen atoms in total. The summed E-state index contributed by atoms with van der Waals surface area (Å²) < 4.78 is 0. The molecule has 0 unspecified atom stereocenters. The number of rotatable bonds is 3. The molecule has 1 aromatic heterocycles. The number of halogens is 2. The lowest BCUT2D eigenvalue weighted by molar-refractivity contribution is 1.35. The average molecular weight is 320 g/mol. The van der Waals surface area contributed by atoms with E-state index in [1.54, 1.807) is 11.3 Å². The summed E-state index contributed by atoms with van der Waals surface area (Å²) in [6.45, 7) is 0. The second-order valence-corrected chi connectivity index (χ2v) is 6.09. The van der Waals surface area contributed by atoms with E-state index < -0.39 is 0 Å². The maximum Gasteiger partial charge on any atom is 0.124 e. The largest absolute Gasteiger partial charge is 0.236 e. The van der Waals surface area contributed by atoms with Crippen LogP contribution in [0, 0.1) is 0 Å². The van der Waals surface area contributed by atoms with E-state index in [0.29, 0.717) is 10.9 Å². The van der Waals surface area contributed by atoms with Gasteiger partial charge in [-0.1, -0.05) is 54.1 Å². The van der Waals surface area contributed by atoms with Crippen LogP contribution >= 0.6 is 34.5 Å². The van der Waals surface area contributed by atoms with Gasteiger partial charge in [0.15, 0.2) is 0 Å². The van der Waals surface area contributed by atoms with Gasteiger partial charge >= 0.3 is 0 Å². The average Bonchev–Trinajstić information content (AvgIpc) is 2.92. The molecule has 0 spiro atoms. The van der Waals surface area contributed by atoms with Gasteiger partial charge in [-0.05, 0) is 12.1 Å². The van der Waals surface area contributed by atoms with E-state index in [1.807, 2.05) is 54.6 Å². The minimum absolute atomic E-state index is 0.461. The van der Waals surface area contributed by atoms with E-state index in [0.717, 1.165) is 26.7 Å². The molecule has 3 rings (SSSR count). The standard InChI is InChI=1S/C16H11Cl2NS/c17-10-14-15(11-5-2-1-3-6-11)19-16(20-14)12-7-4-8-13(18)9-12/h1-9H,10H2. The van der Waals surface area contributed by atoms with Crippen molar-refractivity contribution in [1.29, 1.82) is 0 Å². The van der Waals surface area contributed by atoms with Crippen LogP contribution in [-0.2, 0) is 5.88 Å². The Hall–Kier alpha value is -1.35. The van der Waals surface area contributed by atoms with Crippen LogP contribution in [0.4, 0.5) is 0 Å². The highest BCUT2D eigenvalue weighted by Gasteiger charge is 2.13. The van der Waals surface area contributed by atoms with Gasteiger partial charge in [-0.2, -0.15) is 0 Å². The number of nitrogens with zero attached hydrogens (tertiary/aromatic N) is 1. The normalized spacial score (nSPS) is 10.7. The third-order valence-electron chi connectivity index (χ3n) is 2.94. The lowest BCUT2D eigenvalue weighted by Crippen LogP contribution is -1.82. The van der Waals surface area contributed by atoms with E-state index in [2.05, 4.69) is 0 Å². The molecular weight excluding hydrogens is 309 g/mol. The van der Waals surface area contributed by atoms with E-state index in [9.17, 15) is 0 Å². The molecular formula is C16H11Cl2NS. The van der Waals surface area contributed by atoms with Crippen LogP contribution in [0.1, 0.15) is 4.88 Å². The Bertz CT molecular complexity index is 722. The maximum absolute atomic E-state index is 6.06. The Labute approximate surface area is 131 Å². The van der Waals surface area contributed by atoms with Gasteiger partial charge in [0.05, 0.1) is 11.6 Å². The van der Waals surface area contributed by atoms with Crippen LogP contribution in [-0.4, -0.2) is 4.98 Å². The molecule has 0 saturated carbocycles. The predicted octanol–water partition coefficient (Wildman–Crippen LogP) is 5.87. The van der Waals surface area contributed by atoms with Crippen molar-refractivity contribution in [3.05, 3.63) is 64.5 Å². The van der Waals surface area contributed by atoms with Crippen LogP contribution in [0.5, 0.6) is 0 Å². The van der Waals surface area contributed by atoms with Crippen LogP contribution in [0.3, 0.4) is 0 Å². The SMILES string of the molecule is ClCc1sc(-c2cccc(Cl)c2)nc1-c1ccccc1. The highest BCUT2D eigenvalue weighted by Crippen LogP contribution is 2.35.